The molecule has 0 aromatic heterocycles. The topological polar surface area (TPSA) is 132 Å². The molecule has 0 saturated carbocycles. The summed E-state index contributed by atoms with van der Waals surface area (Å²) >= 11 is 0. The molecule has 2 rings (SSSR count). The van der Waals surface area contributed by atoms with Crippen molar-refractivity contribution in [3.63, 3.8) is 0 Å². The van der Waals surface area contributed by atoms with Crippen LogP contribution in [-0.2, 0) is 10.1 Å². The highest BCUT2D eigenvalue weighted by molar-refractivity contribution is 7.85. The van der Waals surface area contributed by atoms with Crippen LogP contribution in [0.3, 0.4) is 0 Å². The summed E-state index contributed by atoms with van der Waals surface area (Å²) in [6.07, 6.45) is 1.80. The number of benzene rings is 2. The second-order valence-corrected chi connectivity index (χ2v) is 9.89. The number of hydrogen-bond donors (Lipinski definition) is 4. The Kier molecular flexibility index (Phi) is 13.7. The largest absolute Gasteiger partial charge is 0.478 e. The second kappa shape index (κ2) is 14.7. The summed E-state index contributed by atoms with van der Waals surface area (Å²) in [6.45, 7) is 8.70. The van der Waals surface area contributed by atoms with Gasteiger partial charge in [0.25, 0.3) is 10.1 Å². The normalized spacial score (nSPS) is 11.3. The fraction of sp³-hybridized carbons (Fsp3) is 0.458. The average Bonchev–Trinajstić information content (AvgIpc) is 2.74. The van der Waals surface area contributed by atoms with E-state index < -0.39 is 16.1 Å². The van der Waals surface area contributed by atoms with Crippen LogP contribution in [0, 0.1) is 17.3 Å². The lowest BCUT2D eigenvalue weighted by molar-refractivity contribution is 0.0198. The quantitative estimate of drug-likeness (QED) is 0.423. The molecule has 0 heterocycles. The molecular weight excluding hydrogens is 432 g/mol. The standard InChI is InChI=1S/C11H24O2.C7H6O2.C6H6O3S/c1-9(2)5-11(7-12,8-13)6-10(3)4;8-7(9)6-4-2-1-3-5-6;7-10(8,9)6-4-2-1-3-5-6/h9-10,12-13H,5-8H2,1-4H3;1-5H,(H,8,9);1-5H,(H,7,8,9). The minimum Gasteiger partial charge on any atom is -0.478 e. The number of carboxylic acid groups (broad SMARTS) is 1. The number of hydrogen-bond acceptors (Lipinski definition) is 5. The third-order valence-electron chi connectivity index (χ3n) is 4.42. The third kappa shape index (κ3) is 12.6. The molecule has 0 radical (unpaired) electrons. The Hall–Kier alpha value is -2.26. The van der Waals surface area contributed by atoms with Crippen molar-refractivity contribution in [2.24, 2.45) is 17.3 Å². The van der Waals surface area contributed by atoms with Crippen molar-refractivity contribution in [1.82, 2.24) is 0 Å². The van der Waals surface area contributed by atoms with Gasteiger partial charge in [0.15, 0.2) is 0 Å². The molecule has 0 aliphatic carbocycles. The second-order valence-electron chi connectivity index (χ2n) is 8.47. The molecular formula is C24H36O7S. The SMILES string of the molecule is CC(C)CC(CO)(CO)CC(C)C.O=C(O)c1ccccc1.O=S(=O)(O)c1ccccc1. The summed E-state index contributed by atoms with van der Waals surface area (Å²) in [5.41, 5.74) is 0.0694. The maximum absolute atomic E-state index is 10.4. The minimum absolute atomic E-state index is 0.0741. The fourth-order valence-electron chi connectivity index (χ4n) is 3.30. The zero-order valence-electron chi connectivity index (χ0n) is 19.2. The van der Waals surface area contributed by atoms with Gasteiger partial charge in [-0.25, -0.2) is 4.79 Å². The van der Waals surface area contributed by atoms with Crippen molar-refractivity contribution < 1.29 is 33.1 Å². The van der Waals surface area contributed by atoms with Crippen molar-refractivity contribution in [1.29, 1.82) is 0 Å². The number of carbonyl (C=O) groups is 1. The van der Waals surface area contributed by atoms with E-state index in [1.807, 2.05) is 0 Å². The lowest BCUT2D eigenvalue weighted by Gasteiger charge is -2.33. The van der Waals surface area contributed by atoms with Crippen LogP contribution >= 0.6 is 0 Å². The number of carboxylic acids is 1. The van der Waals surface area contributed by atoms with Crippen LogP contribution in [0.4, 0.5) is 0 Å². The highest BCUT2D eigenvalue weighted by atomic mass is 32.2. The molecule has 0 unspecified atom stereocenters. The summed E-state index contributed by atoms with van der Waals surface area (Å²) in [6, 6.07) is 15.7. The molecule has 0 aliphatic rings. The first-order chi connectivity index (χ1) is 14.9. The Balaban J connectivity index is 0.000000458. The summed E-state index contributed by atoms with van der Waals surface area (Å²) in [5, 5.41) is 27.0. The third-order valence-corrected chi connectivity index (χ3v) is 5.28. The van der Waals surface area contributed by atoms with E-state index in [1.54, 1.807) is 48.5 Å². The first-order valence-corrected chi connectivity index (χ1v) is 11.8. The lowest BCUT2D eigenvalue weighted by Crippen LogP contribution is -2.33. The predicted octanol–water partition coefficient (Wildman–Crippen LogP) is 4.37. The molecule has 7 nitrogen and oxygen atoms in total. The van der Waals surface area contributed by atoms with Gasteiger partial charge in [-0.15, -0.1) is 0 Å². The molecule has 8 heteroatoms. The van der Waals surface area contributed by atoms with Gasteiger partial charge < -0.3 is 15.3 Å². The number of rotatable bonds is 8. The molecule has 0 spiro atoms. The van der Waals surface area contributed by atoms with E-state index in [0.717, 1.165) is 12.8 Å². The van der Waals surface area contributed by atoms with Gasteiger partial charge >= 0.3 is 5.97 Å². The van der Waals surface area contributed by atoms with E-state index >= 15 is 0 Å². The number of aliphatic hydroxyl groups is 2. The van der Waals surface area contributed by atoms with Gasteiger partial charge in [0, 0.05) is 5.41 Å². The first kappa shape index (κ1) is 29.7. The Labute approximate surface area is 191 Å². The van der Waals surface area contributed by atoms with Crippen LogP contribution in [0.2, 0.25) is 0 Å². The van der Waals surface area contributed by atoms with Gasteiger partial charge in [0.1, 0.15) is 0 Å². The van der Waals surface area contributed by atoms with Crippen molar-refractivity contribution in [2.45, 2.75) is 45.4 Å². The van der Waals surface area contributed by atoms with E-state index in [1.165, 1.54) is 12.1 Å². The Morgan fingerprint density at radius 3 is 1.41 bits per heavy atom. The van der Waals surface area contributed by atoms with E-state index in [2.05, 4.69) is 27.7 Å². The fourth-order valence-corrected chi connectivity index (χ4v) is 3.80. The van der Waals surface area contributed by atoms with Crippen LogP contribution in [0.1, 0.15) is 50.9 Å². The molecule has 2 aromatic rings. The molecule has 0 aliphatic heterocycles. The molecule has 0 amide bonds. The van der Waals surface area contributed by atoms with Crippen LogP contribution < -0.4 is 0 Å². The van der Waals surface area contributed by atoms with Gasteiger partial charge in [-0.2, -0.15) is 8.42 Å². The molecule has 0 saturated heterocycles. The summed E-state index contributed by atoms with van der Waals surface area (Å²) < 4.78 is 29.2. The number of aliphatic hydroxyl groups excluding tert-OH is 2. The Bertz CT molecular complexity index is 848. The summed E-state index contributed by atoms with van der Waals surface area (Å²) in [4.78, 5) is 10.1. The molecule has 4 N–H and O–H groups in total. The maximum atomic E-state index is 10.4. The predicted molar refractivity (Wildman–Crippen MR) is 125 cm³/mol. The first-order valence-electron chi connectivity index (χ1n) is 10.4. The van der Waals surface area contributed by atoms with Crippen molar-refractivity contribution in [2.75, 3.05) is 13.2 Å². The molecule has 32 heavy (non-hydrogen) atoms. The van der Waals surface area contributed by atoms with Crippen LogP contribution in [0.25, 0.3) is 0 Å². The van der Waals surface area contributed by atoms with Crippen LogP contribution in [0.5, 0.6) is 0 Å². The zero-order chi connectivity index (χ0) is 24.8. The monoisotopic (exact) mass is 468 g/mol. The highest BCUT2D eigenvalue weighted by Crippen LogP contribution is 2.32. The van der Waals surface area contributed by atoms with Gasteiger partial charge in [-0.3, -0.25) is 4.55 Å². The minimum atomic E-state index is -4.00. The van der Waals surface area contributed by atoms with E-state index in [-0.39, 0.29) is 23.5 Å². The maximum Gasteiger partial charge on any atom is 0.335 e. The lowest BCUT2D eigenvalue weighted by atomic mass is 9.75. The van der Waals surface area contributed by atoms with E-state index in [4.69, 9.17) is 9.66 Å². The van der Waals surface area contributed by atoms with Gasteiger partial charge in [-0.1, -0.05) is 64.1 Å². The van der Waals surface area contributed by atoms with Gasteiger partial charge in [-0.05, 0) is 48.9 Å². The zero-order valence-corrected chi connectivity index (χ0v) is 20.0. The van der Waals surface area contributed by atoms with Crippen molar-refractivity contribution in [3.8, 4) is 0 Å². The van der Waals surface area contributed by atoms with Crippen LogP contribution in [-0.4, -0.2) is 47.5 Å². The van der Waals surface area contributed by atoms with E-state index in [0.29, 0.717) is 17.4 Å². The molecule has 180 valence electrons. The summed E-state index contributed by atoms with van der Waals surface area (Å²) in [7, 11) is -4.00. The van der Waals surface area contributed by atoms with Gasteiger partial charge in [0.2, 0.25) is 0 Å². The van der Waals surface area contributed by atoms with Crippen molar-refractivity contribution >= 4 is 16.1 Å². The highest BCUT2D eigenvalue weighted by Gasteiger charge is 2.30. The van der Waals surface area contributed by atoms with Gasteiger partial charge in [0.05, 0.1) is 23.7 Å². The number of aromatic carboxylic acids is 1. The van der Waals surface area contributed by atoms with E-state index in [9.17, 15) is 23.4 Å². The average molecular weight is 469 g/mol. The van der Waals surface area contributed by atoms with Crippen molar-refractivity contribution in [3.05, 3.63) is 66.2 Å². The molecule has 0 bridgehead atoms. The molecule has 2 aromatic carbocycles. The van der Waals surface area contributed by atoms with Crippen LogP contribution in [0.15, 0.2) is 65.6 Å². The molecule has 0 atom stereocenters. The smallest absolute Gasteiger partial charge is 0.335 e. The molecule has 0 fully saturated rings. The Morgan fingerprint density at radius 1 is 0.812 bits per heavy atom. The summed E-state index contributed by atoms with van der Waals surface area (Å²) in [5.74, 6) is 0.173. The Morgan fingerprint density at radius 2 is 1.19 bits per heavy atom.